The number of rotatable bonds is 2. The van der Waals surface area contributed by atoms with Gasteiger partial charge in [0.25, 0.3) is 0 Å². The van der Waals surface area contributed by atoms with Gasteiger partial charge in [-0.15, -0.1) is 0 Å². The van der Waals surface area contributed by atoms with Crippen LogP contribution in [0.5, 0.6) is 0 Å². The van der Waals surface area contributed by atoms with Gasteiger partial charge in [-0.25, -0.2) is 0 Å². The zero-order valence-corrected chi connectivity index (χ0v) is 14.1. The molecule has 0 radical (unpaired) electrons. The van der Waals surface area contributed by atoms with Gasteiger partial charge in [0.05, 0.1) is 5.60 Å². The Hall–Kier alpha value is -2.58. The number of fused-ring (bicyclic) bond motifs is 3. The van der Waals surface area contributed by atoms with Gasteiger partial charge in [0.15, 0.2) is 0 Å². The molecule has 4 rings (SSSR count). The summed E-state index contributed by atoms with van der Waals surface area (Å²) in [5.41, 5.74) is 4.90. The first-order valence-electron chi connectivity index (χ1n) is 8.19. The van der Waals surface area contributed by atoms with Crippen molar-refractivity contribution in [2.75, 3.05) is 0 Å². The monoisotopic (exact) mass is 316 g/mol. The maximum absolute atomic E-state index is 10.6. The number of para-hydroxylation sites is 2. The highest BCUT2D eigenvalue weighted by atomic mass is 16.3. The molecule has 0 aliphatic heterocycles. The van der Waals surface area contributed by atoms with Crippen molar-refractivity contribution in [1.82, 2.24) is 0 Å². The van der Waals surface area contributed by atoms with Gasteiger partial charge in [-0.2, -0.15) is 0 Å². The summed E-state index contributed by atoms with van der Waals surface area (Å²) in [6.07, 6.45) is 0. The molecule has 1 heterocycles. The van der Waals surface area contributed by atoms with Crippen LogP contribution in [-0.4, -0.2) is 5.11 Å². The minimum atomic E-state index is -0.921. The highest BCUT2D eigenvalue weighted by Crippen LogP contribution is 2.39. The molecule has 0 saturated carbocycles. The largest absolute Gasteiger partial charge is 0.455 e. The third-order valence-electron chi connectivity index (χ3n) is 4.53. The molecule has 24 heavy (non-hydrogen) atoms. The number of aliphatic hydroxyl groups is 1. The molecular weight excluding hydrogens is 296 g/mol. The predicted molar refractivity (Wildman–Crippen MR) is 99.1 cm³/mol. The van der Waals surface area contributed by atoms with Gasteiger partial charge in [0, 0.05) is 16.3 Å². The maximum Gasteiger partial charge on any atom is 0.143 e. The lowest BCUT2D eigenvalue weighted by molar-refractivity contribution is 0.0791. The van der Waals surface area contributed by atoms with Gasteiger partial charge in [0.2, 0.25) is 0 Å². The molecule has 2 nitrogen and oxygen atoms in total. The van der Waals surface area contributed by atoms with E-state index < -0.39 is 5.60 Å². The summed E-state index contributed by atoms with van der Waals surface area (Å²) in [6, 6.07) is 20.5. The lowest BCUT2D eigenvalue weighted by atomic mass is 9.88. The molecule has 120 valence electrons. The number of hydrogen-bond donors (Lipinski definition) is 1. The Bertz CT molecular complexity index is 1050. The molecule has 0 aliphatic carbocycles. The van der Waals surface area contributed by atoms with Crippen molar-refractivity contribution >= 4 is 21.9 Å². The van der Waals surface area contributed by atoms with Gasteiger partial charge in [-0.1, -0.05) is 60.2 Å². The van der Waals surface area contributed by atoms with Crippen LogP contribution in [0, 0.1) is 6.92 Å². The number of furan rings is 1. The summed E-state index contributed by atoms with van der Waals surface area (Å²) in [6.45, 7) is 5.69. The van der Waals surface area contributed by atoms with Gasteiger partial charge >= 0.3 is 0 Å². The summed E-state index contributed by atoms with van der Waals surface area (Å²) in [4.78, 5) is 0. The topological polar surface area (TPSA) is 33.4 Å². The zero-order valence-electron chi connectivity index (χ0n) is 14.1. The third-order valence-corrected chi connectivity index (χ3v) is 4.53. The highest BCUT2D eigenvalue weighted by molar-refractivity contribution is 6.09. The van der Waals surface area contributed by atoms with E-state index >= 15 is 0 Å². The van der Waals surface area contributed by atoms with E-state index in [4.69, 9.17) is 4.42 Å². The molecule has 0 bridgehead atoms. The SMILES string of the molecule is Cc1ccc(-c2cccc3c2oc2ccccc23)c(C(C)(C)O)c1. The lowest BCUT2D eigenvalue weighted by Crippen LogP contribution is -2.17. The second kappa shape index (κ2) is 5.22. The zero-order chi connectivity index (χ0) is 16.9. The average Bonchev–Trinajstić information content (AvgIpc) is 2.93. The standard InChI is InChI=1S/C22H20O2/c1-14-11-12-15(19(13-14)22(2,3)23)17-8-6-9-18-16-7-4-5-10-20(16)24-21(17)18/h4-13,23H,1-3H3. The van der Waals surface area contributed by atoms with Crippen LogP contribution in [0.4, 0.5) is 0 Å². The lowest BCUT2D eigenvalue weighted by Gasteiger charge is -2.22. The normalized spacial score (nSPS) is 12.2. The van der Waals surface area contributed by atoms with Crippen molar-refractivity contribution in [3.8, 4) is 11.1 Å². The molecule has 4 aromatic rings. The van der Waals surface area contributed by atoms with Crippen LogP contribution in [-0.2, 0) is 5.60 Å². The quantitative estimate of drug-likeness (QED) is 0.508. The summed E-state index contributed by atoms with van der Waals surface area (Å²) in [7, 11) is 0. The fourth-order valence-corrected chi connectivity index (χ4v) is 3.36. The van der Waals surface area contributed by atoms with E-state index in [0.29, 0.717) is 0 Å². The fourth-order valence-electron chi connectivity index (χ4n) is 3.36. The van der Waals surface area contributed by atoms with Crippen molar-refractivity contribution in [3.05, 3.63) is 71.8 Å². The molecule has 0 atom stereocenters. The van der Waals surface area contributed by atoms with E-state index in [1.54, 1.807) is 0 Å². The molecule has 0 spiro atoms. The maximum atomic E-state index is 10.6. The minimum absolute atomic E-state index is 0.869. The molecule has 0 unspecified atom stereocenters. The van der Waals surface area contributed by atoms with Gasteiger partial charge in [-0.3, -0.25) is 0 Å². The predicted octanol–water partition coefficient (Wildman–Crippen LogP) is 5.79. The smallest absolute Gasteiger partial charge is 0.143 e. The Morgan fingerprint density at radius 2 is 1.58 bits per heavy atom. The van der Waals surface area contributed by atoms with E-state index in [2.05, 4.69) is 36.4 Å². The van der Waals surface area contributed by atoms with Crippen molar-refractivity contribution in [2.24, 2.45) is 0 Å². The summed E-state index contributed by atoms with van der Waals surface area (Å²) in [5, 5.41) is 12.9. The van der Waals surface area contributed by atoms with E-state index in [-0.39, 0.29) is 0 Å². The van der Waals surface area contributed by atoms with Gasteiger partial charge < -0.3 is 9.52 Å². The van der Waals surface area contributed by atoms with Crippen LogP contribution in [0.3, 0.4) is 0 Å². The molecule has 0 aliphatic rings. The van der Waals surface area contributed by atoms with Crippen LogP contribution < -0.4 is 0 Å². The van der Waals surface area contributed by atoms with E-state index in [9.17, 15) is 5.11 Å². The molecule has 3 aromatic carbocycles. The summed E-state index contributed by atoms with van der Waals surface area (Å²) in [5.74, 6) is 0. The van der Waals surface area contributed by atoms with E-state index in [0.717, 1.165) is 44.2 Å². The van der Waals surface area contributed by atoms with Crippen molar-refractivity contribution in [3.63, 3.8) is 0 Å². The summed E-state index contributed by atoms with van der Waals surface area (Å²) >= 11 is 0. The highest BCUT2D eigenvalue weighted by Gasteiger charge is 2.23. The van der Waals surface area contributed by atoms with Crippen LogP contribution >= 0.6 is 0 Å². The second-order valence-corrected chi connectivity index (χ2v) is 6.89. The van der Waals surface area contributed by atoms with Crippen molar-refractivity contribution < 1.29 is 9.52 Å². The Labute approximate surface area is 141 Å². The average molecular weight is 316 g/mol. The molecule has 0 saturated heterocycles. The first-order chi connectivity index (χ1) is 11.4. The molecular formula is C22H20O2. The Kier molecular flexibility index (Phi) is 3.26. The van der Waals surface area contributed by atoms with E-state index in [1.807, 2.05) is 45.0 Å². The molecule has 1 aromatic heterocycles. The Morgan fingerprint density at radius 3 is 2.38 bits per heavy atom. The Morgan fingerprint density at radius 1 is 0.833 bits per heavy atom. The van der Waals surface area contributed by atoms with Crippen LogP contribution in [0.25, 0.3) is 33.1 Å². The third kappa shape index (κ3) is 2.31. The number of aryl methyl sites for hydroxylation is 1. The first kappa shape index (κ1) is 15.0. The van der Waals surface area contributed by atoms with E-state index in [1.165, 1.54) is 0 Å². The molecule has 1 N–H and O–H groups in total. The minimum Gasteiger partial charge on any atom is -0.455 e. The van der Waals surface area contributed by atoms with Gasteiger partial charge in [-0.05, 0) is 38.0 Å². The van der Waals surface area contributed by atoms with Crippen LogP contribution in [0.15, 0.2) is 65.1 Å². The Balaban J connectivity index is 2.08. The van der Waals surface area contributed by atoms with Crippen LogP contribution in [0.1, 0.15) is 25.0 Å². The van der Waals surface area contributed by atoms with Gasteiger partial charge in [0.1, 0.15) is 11.2 Å². The number of benzene rings is 3. The first-order valence-corrected chi connectivity index (χ1v) is 8.19. The molecule has 2 heteroatoms. The van der Waals surface area contributed by atoms with Crippen molar-refractivity contribution in [1.29, 1.82) is 0 Å². The van der Waals surface area contributed by atoms with Crippen LogP contribution in [0.2, 0.25) is 0 Å². The van der Waals surface area contributed by atoms with Crippen molar-refractivity contribution in [2.45, 2.75) is 26.4 Å². The summed E-state index contributed by atoms with van der Waals surface area (Å²) < 4.78 is 6.15. The molecule has 0 amide bonds. The fraction of sp³-hybridized carbons (Fsp3) is 0.182. The number of hydrogen-bond acceptors (Lipinski definition) is 2. The molecule has 0 fully saturated rings. The second-order valence-electron chi connectivity index (χ2n) is 6.89.